The van der Waals surface area contributed by atoms with Gasteiger partial charge in [-0.15, -0.1) is 0 Å². The van der Waals surface area contributed by atoms with Crippen LogP contribution in [0.25, 0.3) is 10.9 Å². The number of benzene rings is 2. The number of nitrogens with one attached hydrogen (secondary N) is 1. The lowest BCUT2D eigenvalue weighted by Gasteiger charge is -2.27. The molecule has 24 heavy (non-hydrogen) atoms. The number of hydrogen-bond acceptors (Lipinski definition) is 3. The molecule has 1 unspecified atom stereocenters. The lowest BCUT2D eigenvalue weighted by atomic mass is 10.00. The standard InChI is InChI=1S/C20H23N3O/c1-14(2)23-19-8-7-15(11-17(19)12-22-23)13-24-20-18-6-4-3-5-16(18)9-10-21-20/h3-8,11-12,14,20-21H,9-10,13H2,1-2H3. The molecule has 4 heteroatoms. The average Bonchev–Trinajstić information content (AvgIpc) is 3.03. The summed E-state index contributed by atoms with van der Waals surface area (Å²) in [7, 11) is 0. The summed E-state index contributed by atoms with van der Waals surface area (Å²) in [5.74, 6) is 0. The Kier molecular flexibility index (Phi) is 4.08. The normalized spacial score (nSPS) is 17.4. The van der Waals surface area contributed by atoms with Gasteiger partial charge in [0.1, 0.15) is 6.23 Å². The minimum Gasteiger partial charge on any atom is -0.354 e. The van der Waals surface area contributed by atoms with Gasteiger partial charge in [0.2, 0.25) is 0 Å². The molecule has 0 fully saturated rings. The van der Waals surface area contributed by atoms with Crippen molar-refractivity contribution in [3.63, 3.8) is 0 Å². The van der Waals surface area contributed by atoms with Crippen LogP contribution in [-0.4, -0.2) is 16.3 Å². The van der Waals surface area contributed by atoms with E-state index in [1.165, 1.54) is 27.6 Å². The van der Waals surface area contributed by atoms with Crippen LogP contribution in [-0.2, 0) is 17.8 Å². The maximum atomic E-state index is 6.16. The third kappa shape index (κ3) is 2.83. The van der Waals surface area contributed by atoms with Gasteiger partial charge in [-0.05, 0) is 49.1 Å². The van der Waals surface area contributed by atoms with E-state index in [9.17, 15) is 0 Å². The van der Waals surface area contributed by atoms with Crippen LogP contribution in [0.4, 0.5) is 0 Å². The Morgan fingerprint density at radius 2 is 2.12 bits per heavy atom. The van der Waals surface area contributed by atoms with Gasteiger partial charge in [-0.2, -0.15) is 5.10 Å². The van der Waals surface area contributed by atoms with Crippen molar-refractivity contribution in [1.29, 1.82) is 0 Å². The molecular formula is C20H23N3O. The molecule has 0 saturated carbocycles. The second kappa shape index (κ2) is 6.38. The maximum Gasteiger partial charge on any atom is 0.135 e. The summed E-state index contributed by atoms with van der Waals surface area (Å²) in [5.41, 5.74) is 5.00. The van der Waals surface area contributed by atoms with Crippen molar-refractivity contribution in [2.45, 2.75) is 39.1 Å². The van der Waals surface area contributed by atoms with E-state index in [-0.39, 0.29) is 6.23 Å². The number of hydrogen-bond donors (Lipinski definition) is 1. The molecule has 1 N–H and O–H groups in total. The van der Waals surface area contributed by atoms with Crippen LogP contribution in [0, 0.1) is 0 Å². The number of ether oxygens (including phenoxy) is 1. The highest BCUT2D eigenvalue weighted by Crippen LogP contribution is 2.25. The second-order valence-corrected chi connectivity index (χ2v) is 6.67. The first-order chi connectivity index (χ1) is 11.7. The molecular weight excluding hydrogens is 298 g/mol. The minimum absolute atomic E-state index is 0.0240. The summed E-state index contributed by atoms with van der Waals surface area (Å²) < 4.78 is 8.21. The Hall–Kier alpha value is -2.17. The predicted octanol–water partition coefficient (Wildman–Crippen LogP) is 3.98. The van der Waals surface area contributed by atoms with E-state index in [4.69, 9.17) is 4.74 Å². The number of rotatable bonds is 4. The van der Waals surface area contributed by atoms with Crippen molar-refractivity contribution < 1.29 is 4.74 Å². The molecule has 0 radical (unpaired) electrons. The molecule has 0 amide bonds. The van der Waals surface area contributed by atoms with E-state index in [0.29, 0.717) is 12.6 Å². The van der Waals surface area contributed by atoms with Crippen LogP contribution >= 0.6 is 0 Å². The van der Waals surface area contributed by atoms with Gasteiger partial charge in [-0.25, -0.2) is 0 Å². The molecule has 4 rings (SSSR count). The number of aromatic nitrogens is 2. The maximum absolute atomic E-state index is 6.16. The molecule has 1 aliphatic heterocycles. The van der Waals surface area contributed by atoms with Gasteiger partial charge in [0.15, 0.2) is 0 Å². The van der Waals surface area contributed by atoms with E-state index in [0.717, 1.165) is 13.0 Å². The molecule has 1 aromatic heterocycles. The average molecular weight is 321 g/mol. The van der Waals surface area contributed by atoms with Gasteiger partial charge in [-0.1, -0.05) is 30.3 Å². The topological polar surface area (TPSA) is 39.1 Å². The predicted molar refractivity (Wildman–Crippen MR) is 95.8 cm³/mol. The van der Waals surface area contributed by atoms with Crippen LogP contribution < -0.4 is 5.32 Å². The fourth-order valence-corrected chi connectivity index (χ4v) is 3.40. The van der Waals surface area contributed by atoms with Crippen molar-refractivity contribution in [1.82, 2.24) is 15.1 Å². The Morgan fingerprint density at radius 3 is 3.00 bits per heavy atom. The monoisotopic (exact) mass is 321 g/mol. The van der Waals surface area contributed by atoms with E-state index >= 15 is 0 Å². The van der Waals surface area contributed by atoms with Crippen molar-refractivity contribution in [3.05, 3.63) is 65.4 Å². The summed E-state index contributed by atoms with van der Waals surface area (Å²) in [5, 5.41) is 9.11. The zero-order chi connectivity index (χ0) is 16.5. The van der Waals surface area contributed by atoms with Gasteiger partial charge >= 0.3 is 0 Å². The number of nitrogens with zero attached hydrogens (tertiary/aromatic N) is 2. The Balaban J connectivity index is 1.51. The highest BCUT2D eigenvalue weighted by Gasteiger charge is 2.19. The van der Waals surface area contributed by atoms with Crippen LogP contribution in [0.1, 0.15) is 42.8 Å². The molecule has 4 nitrogen and oxygen atoms in total. The molecule has 124 valence electrons. The molecule has 0 spiro atoms. The van der Waals surface area contributed by atoms with Crippen LogP contribution in [0.5, 0.6) is 0 Å². The molecule has 1 aliphatic rings. The lowest BCUT2D eigenvalue weighted by Crippen LogP contribution is -2.31. The molecule has 0 aliphatic carbocycles. The third-order valence-corrected chi connectivity index (χ3v) is 4.63. The van der Waals surface area contributed by atoms with Crippen LogP contribution in [0.15, 0.2) is 48.7 Å². The summed E-state index contributed by atoms with van der Waals surface area (Å²) in [6.07, 6.45) is 2.98. The summed E-state index contributed by atoms with van der Waals surface area (Å²) in [6.45, 7) is 5.85. The molecule has 0 bridgehead atoms. The molecule has 2 aromatic carbocycles. The Morgan fingerprint density at radius 1 is 1.25 bits per heavy atom. The molecule has 1 atom stereocenters. The van der Waals surface area contributed by atoms with E-state index in [1.807, 2.05) is 6.20 Å². The van der Waals surface area contributed by atoms with Gasteiger partial charge in [0.25, 0.3) is 0 Å². The summed E-state index contributed by atoms with van der Waals surface area (Å²) in [4.78, 5) is 0. The Bertz CT molecular complexity index is 853. The first-order valence-electron chi connectivity index (χ1n) is 8.61. The highest BCUT2D eigenvalue weighted by molar-refractivity contribution is 5.79. The lowest BCUT2D eigenvalue weighted by molar-refractivity contribution is 0.0122. The van der Waals surface area contributed by atoms with Crippen molar-refractivity contribution in [3.8, 4) is 0 Å². The van der Waals surface area contributed by atoms with Crippen LogP contribution in [0.3, 0.4) is 0 Å². The van der Waals surface area contributed by atoms with Crippen LogP contribution in [0.2, 0.25) is 0 Å². The summed E-state index contributed by atoms with van der Waals surface area (Å²) >= 11 is 0. The van der Waals surface area contributed by atoms with Gasteiger partial charge in [0.05, 0.1) is 18.3 Å². The first kappa shape index (κ1) is 15.4. The largest absolute Gasteiger partial charge is 0.354 e. The zero-order valence-electron chi connectivity index (χ0n) is 14.2. The highest BCUT2D eigenvalue weighted by atomic mass is 16.5. The molecule has 3 aromatic rings. The van der Waals surface area contributed by atoms with E-state index < -0.39 is 0 Å². The SMILES string of the molecule is CC(C)n1ncc2cc(COC3NCCc4ccccc43)ccc21. The number of fused-ring (bicyclic) bond motifs is 2. The first-order valence-corrected chi connectivity index (χ1v) is 8.61. The van der Waals surface area contributed by atoms with Gasteiger partial charge < -0.3 is 4.74 Å². The Labute approximate surface area is 142 Å². The van der Waals surface area contributed by atoms with Crippen molar-refractivity contribution in [2.24, 2.45) is 0 Å². The summed E-state index contributed by atoms with van der Waals surface area (Å²) in [6, 6.07) is 15.3. The smallest absolute Gasteiger partial charge is 0.135 e. The van der Waals surface area contributed by atoms with Gasteiger partial charge in [-0.3, -0.25) is 10.00 Å². The third-order valence-electron chi connectivity index (χ3n) is 4.63. The zero-order valence-corrected chi connectivity index (χ0v) is 14.2. The minimum atomic E-state index is -0.0240. The second-order valence-electron chi connectivity index (χ2n) is 6.67. The van der Waals surface area contributed by atoms with Crippen molar-refractivity contribution in [2.75, 3.05) is 6.54 Å². The fourth-order valence-electron chi connectivity index (χ4n) is 3.40. The quantitative estimate of drug-likeness (QED) is 0.790. The van der Waals surface area contributed by atoms with E-state index in [2.05, 4.69) is 71.4 Å². The van der Waals surface area contributed by atoms with Crippen molar-refractivity contribution >= 4 is 10.9 Å². The van der Waals surface area contributed by atoms with E-state index in [1.54, 1.807) is 0 Å². The fraction of sp³-hybridized carbons (Fsp3) is 0.350. The van der Waals surface area contributed by atoms with Gasteiger partial charge in [0, 0.05) is 18.0 Å². The molecule has 0 saturated heterocycles. The molecule has 2 heterocycles.